The van der Waals surface area contributed by atoms with E-state index in [-0.39, 0.29) is 33.7 Å². The molecule has 7 heteroatoms. The SMILES string of the molecule is O=C(O)c1ccc(N2C(=O)c3ccc(C(=O)c4ccc(Cl)cc4)cc3C2=O)cc1. The Balaban J connectivity index is 1.68. The van der Waals surface area contributed by atoms with Gasteiger partial charge in [-0.2, -0.15) is 0 Å². The van der Waals surface area contributed by atoms with E-state index in [1.807, 2.05) is 0 Å². The highest BCUT2D eigenvalue weighted by Gasteiger charge is 2.37. The van der Waals surface area contributed by atoms with Crippen LogP contribution in [0, 0.1) is 0 Å². The molecule has 142 valence electrons. The minimum absolute atomic E-state index is 0.0428. The van der Waals surface area contributed by atoms with Gasteiger partial charge in [-0.1, -0.05) is 17.7 Å². The van der Waals surface area contributed by atoms with E-state index in [9.17, 15) is 19.2 Å². The minimum atomic E-state index is -1.11. The van der Waals surface area contributed by atoms with Crippen LogP contribution in [0.4, 0.5) is 5.69 Å². The van der Waals surface area contributed by atoms with E-state index < -0.39 is 17.8 Å². The number of benzene rings is 3. The third kappa shape index (κ3) is 3.19. The number of carbonyl (C=O) groups is 4. The van der Waals surface area contributed by atoms with Crippen LogP contribution in [-0.4, -0.2) is 28.7 Å². The summed E-state index contributed by atoms with van der Waals surface area (Å²) in [5.74, 6) is -2.50. The van der Waals surface area contributed by atoms with Gasteiger partial charge in [0.15, 0.2) is 5.78 Å². The predicted octanol–water partition coefficient (Wildman–Crippen LogP) is 4.07. The van der Waals surface area contributed by atoms with Gasteiger partial charge in [0, 0.05) is 16.1 Å². The number of rotatable bonds is 4. The molecule has 1 aliphatic heterocycles. The van der Waals surface area contributed by atoms with Crippen molar-refractivity contribution in [3.63, 3.8) is 0 Å². The number of hydrogen-bond donors (Lipinski definition) is 1. The summed E-state index contributed by atoms with van der Waals surface area (Å²) < 4.78 is 0. The molecule has 1 N–H and O–H groups in total. The van der Waals surface area contributed by atoms with Crippen molar-refractivity contribution in [3.8, 4) is 0 Å². The van der Waals surface area contributed by atoms with Crippen LogP contribution in [0.5, 0.6) is 0 Å². The fraction of sp³-hybridized carbons (Fsp3) is 0. The van der Waals surface area contributed by atoms with Gasteiger partial charge in [-0.3, -0.25) is 14.4 Å². The van der Waals surface area contributed by atoms with Crippen LogP contribution < -0.4 is 4.90 Å². The molecule has 3 aromatic carbocycles. The van der Waals surface area contributed by atoms with Gasteiger partial charge in [-0.15, -0.1) is 0 Å². The zero-order valence-electron chi connectivity index (χ0n) is 14.8. The Kier molecular flexibility index (Phi) is 4.48. The third-order valence-corrected chi connectivity index (χ3v) is 4.88. The highest BCUT2D eigenvalue weighted by molar-refractivity contribution is 6.35. The molecular formula is C22H12ClNO5. The van der Waals surface area contributed by atoms with Crippen molar-refractivity contribution in [1.29, 1.82) is 0 Å². The van der Waals surface area contributed by atoms with E-state index in [1.165, 1.54) is 42.5 Å². The summed E-state index contributed by atoms with van der Waals surface area (Å²) in [6, 6.07) is 16.1. The first-order valence-corrected chi connectivity index (χ1v) is 8.91. The van der Waals surface area contributed by atoms with Crippen molar-refractivity contribution >= 4 is 40.9 Å². The van der Waals surface area contributed by atoms with Crippen molar-refractivity contribution in [2.45, 2.75) is 0 Å². The number of imide groups is 1. The van der Waals surface area contributed by atoms with Crippen LogP contribution in [-0.2, 0) is 0 Å². The zero-order chi connectivity index (χ0) is 20.7. The molecule has 0 saturated heterocycles. The molecule has 0 atom stereocenters. The summed E-state index contributed by atoms with van der Waals surface area (Å²) in [6.07, 6.45) is 0. The number of anilines is 1. The Morgan fingerprint density at radius 1 is 0.724 bits per heavy atom. The van der Waals surface area contributed by atoms with Gasteiger partial charge in [-0.25, -0.2) is 9.69 Å². The smallest absolute Gasteiger partial charge is 0.335 e. The maximum absolute atomic E-state index is 12.8. The Labute approximate surface area is 170 Å². The fourth-order valence-electron chi connectivity index (χ4n) is 3.14. The lowest BCUT2D eigenvalue weighted by Gasteiger charge is -2.13. The number of halogens is 1. The maximum Gasteiger partial charge on any atom is 0.335 e. The Hall–Kier alpha value is -3.77. The second-order valence-corrected chi connectivity index (χ2v) is 6.83. The summed E-state index contributed by atoms with van der Waals surface area (Å²) in [5.41, 5.74) is 1.29. The number of carboxylic acids is 1. The minimum Gasteiger partial charge on any atom is -0.478 e. The number of aromatic carboxylic acids is 1. The monoisotopic (exact) mass is 405 g/mol. The highest BCUT2D eigenvalue weighted by Crippen LogP contribution is 2.30. The molecule has 0 unspecified atom stereocenters. The molecule has 0 fully saturated rings. The lowest BCUT2D eigenvalue weighted by molar-refractivity contribution is 0.0696. The first-order chi connectivity index (χ1) is 13.9. The van der Waals surface area contributed by atoms with Crippen molar-refractivity contribution in [2.75, 3.05) is 4.90 Å². The zero-order valence-corrected chi connectivity index (χ0v) is 15.5. The van der Waals surface area contributed by atoms with E-state index in [0.717, 1.165) is 4.90 Å². The number of carbonyl (C=O) groups excluding carboxylic acids is 3. The predicted molar refractivity (Wildman–Crippen MR) is 106 cm³/mol. The molecule has 0 saturated carbocycles. The van der Waals surface area contributed by atoms with E-state index in [2.05, 4.69) is 0 Å². The van der Waals surface area contributed by atoms with Crippen LogP contribution in [0.3, 0.4) is 0 Å². The lowest BCUT2D eigenvalue weighted by Crippen LogP contribution is -2.29. The number of fused-ring (bicyclic) bond motifs is 1. The van der Waals surface area contributed by atoms with Gasteiger partial charge in [0.25, 0.3) is 11.8 Å². The summed E-state index contributed by atoms with van der Waals surface area (Å²) in [4.78, 5) is 50.2. The van der Waals surface area contributed by atoms with Crippen molar-refractivity contribution in [3.05, 3.63) is 99.6 Å². The van der Waals surface area contributed by atoms with Crippen LogP contribution in [0.25, 0.3) is 0 Å². The molecule has 4 rings (SSSR count). The summed E-state index contributed by atoms with van der Waals surface area (Å²) in [6.45, 7) is 0. The lowest BCUT2D eigenvalue weighted by atomic mass is 9.99. The topological polar surface area (TPSA) is 91.8 Å². The van der Waals surface area contributed by atoms with Crippen LogP contribution in [0.1, 0.15) is 47.0 Å². The molecule has 0 aromatic heterocycles. The average Bonchev–Trinajstić information content (AvgIpc) is 2.98. The third-order valence-electron chi connectivity index (χ3n) is 4.63. The largest absolute Gasteiger partial charge is 0.478 e. The second kappa shape index (κ2) is 7.00. The normalized spacial score (nSPS) is 12.8. The van der Waals surface area contributed by atoms with Crippen molar-refractivity contribution < 1.29 is 24.3 Å². The van der Waals surface area contributed by atoms with Gasteiger partial charge >= 0.3 is 5.97 Å². The molecule has 0 aliphatic carbocycles. The van der Waals surface area contributed by atoms with Gasteiger partial charge in [0.2, 0.25) is 0 Å². The van der Waals surface area contributed by atoms with Crippen molar-refractivity contribution in [2.24, 2.45) is 0 Å². The van der Waals surface area contributed by atoms with Gasteiger partial charge < -0.3 is 5.11 Å². The fourth-order valence-corrected chi connectivity index (χ4v) is 3.26. The van der Waals surface area contributed by atoms with Crippen molar-refractivity contribution in [1.82, 2.24) is 0 Å². The summed E-state index contributed by atoms with van der Waals surface area (Å²) >= 11 is 5.84. The molecule has 29 heavy (non-hydrogen) atoms. The van der Waals surface area contributed by atoms with Gasteiger partial charge in [0.05, 0.1) is 22.4 Å². The summed E-state index contributed by atoms with van der Waals surface area (Å²) in [5, 5.41) is 9.49. The Morgan fingerprint density at radius 2 is 1.28 bits per heavy atom. The summed E-state index contributed by atoms with van der Waals surface area (Å²) in [7, 11) is 0. The Bertz CT molecular complexity index is 1180. The first kappa shape index (κ1) is 18.6. The molecule has 0 spiro atoms. The molecular weight excluding hydrogens is 394 g/mol. The van der Waals surface area contributed by atoms with Crippen LogP contribution >= 0.6 is 11.6 Å². The van der Waals surface area contributed by atoms with Crippen LogP contribution in [0.2, 0.25) is 5.02 Å². The van der Waals surface area contributed by atoms with Crippen LogP contribution in [0.15, 0.2) is 66.7 Å². The number of amides is 2. The van der Waals surface area contributed by atoms with Gasteiger partial charge in [-0.05, 0) is 60.7 Å². The molecule has 0 bridgehead atoms. The second-order valence-electron chi connectivity index (χ2n) is 6.39. The molecule has 1 heterocycles. The van der Waals surface area contributed by atoms with E-state index in [4.69, 9.17) is 16.7 Å². The number of carboxylic acid groups (broad SMARTS) is 1. The number of nitrogens with zero attached hydrogens (tertiary/aromatic N) is 1. The molecule has 3 aromatic rings. The first-order valence-electron chi connectivity index (χ1n) is 8.53. The quantitative estimate of drug-likeness (QED) is 0.521. The van der Waals surface area contributed by atoms with E-state index >= 15 is 0 Å². The standard InChI is InChI=1S/C22H12ClNO5/c23-15-6-1-12(2-7-15)19(25)14-5-10-17-18(11-14)21(27)24(20(17)26)16-8-3-13(4-9-16)22(28)29/h1-11H,(H,28,29). The Morgan fingerprint density at radius 3 is 1.90 bits per heavy atom. The van der Waals surface area contributed by atoms with E-state index in [1.54, 1.807) is 24.3 Å². The van der Waals surface area contributed by atoms with E-state index in [0.29, 0.717) is 10.6 Å². The molecule has 0 radical (unpaired) electrons. The van der Waals surface area contributed by atoms with Gasteiger partial charge in [0.1, 0.15) is 0 Å². The molecule has 1 aliphatic rings. The maximum atomic E-state index is 12.8. The molecule has 2 amide bonds. The number of ketones is 1. The molecule has 6 nitrogen and oxygen atoms in total. The number of hydrogen-bond acceptors (Lipinski definition) is 4. The highest BCUT2D eigenvalue weighted by atomic mass is 35.5. The average molecular weight is 406 g/mol.